The van der Waals surface area contributed by atoms with Crippen LogP contribution in [-0.4, -0.2) is 31.1 Å². The number of fused-ring (bicyclic) bond motifs is 1. The lowest BCUT2D eigenvalue weighted by molar-refractivity contribution is -0.113. The lowest BCUT2D eigenvalue weighted by atomic mass is 10.1. The van der Waals surface area contributed by atoms with Crippen LogP contribution < -0.4 is 11.3 Å². The van der Waals surface area contributed by atoms with Crippen molar-refractivity contribution in [3.63, 3.8) is 0 Å². The molecular formula is C19H20N4O3. The Labute approximate surface area is 149 Å². The van der Waals surface area contributed by atoms with Crippen LogP contribution in [0.2, 0.25) is 0 Å². The van der Waals surface area contributed by atoms with Crippen molar-refractivity contribution in [1.82, 2.24) is 14.5 Å². The number of aromatic amines is 1. The fourth-order valence-electron chi connectivity index (χ4n) is 2.73. The summed E-state index contributed by atoms with van der Waals surface area (Å²) in [5.74, 6) is -0.526. The second kappa shape index (κ2) is 6.61. The molecule has 0 aliphatic carbocycles. The zero-order valence-electron chi connectivity index (χ0n) is 14.6. The first kappa shape index (κ1) is 17.6. The van der Waals surface area contributed by atoms with Gasteiger partial charge in [-0.15, -0.1) is 0 Å². The monoisotopic (exact) mass is 352 g/mol. The van der Waals surface area contributed by atoms with E-state index in [1.165, 1.54) is 16.7 Å². The van der Waals surface area contributed by atoms with Crippen molar-refractivity contribution in [1.29, 1.82) is 0 Å². The number of carbonyl (C=O) groups is 1. The van der Waals surface area contributed by atoms with Gasteiger partial charge in [-0.3, -0.25) is 9.59 Å². The van der Waals surface area contributed by atoms with Crippen LogP contribution in [0.4, 0.5) is 0 Å². The molecule has 0 atom stereocenters. The Hall–Kier alpha value is -3.19. The summed E-state index contributed by atoms with van der Waals surface area (Å²) in [7, 11) is 0. The molecule has 0 saturated carbocycles. The van der Waals surface area contributed by atoms with Gasteiger partial charge < -0.3 is 20.4 Å². The first-order valence-corrected chi connectivity index (χ1v) is 8.11. The maximum atomic E-state index is 12.0. The first-order chi connectivity index (χ1) is 12.2. The van der Waals surface area contributed by atoms with E-state index in [4.69, 9.17) is 5.73 Å². The second-order valence-electron chi connectivity index (χ2n) is 6.80. The number of rotatable bonds is 5. The van der Waals surface area contributed by atoms with Crippen LogP contribution in [0.3, 0.4) is 0 Å². The van der Waals surface area contributed by atoms with Crippen molar-refractivity contribution < 1.29 is 9.90 Å². The summed E-state index contributed by atoms with van der Waals surface area (Å²) < 4.78 is 1.48. The minimum absolute atomic E-state index is 0.184. The van der Waals surface area contributed by atoms with Crippen LogP contribution in [0.1, 0.15) is 19.4 Å². The molecular weight excluding hydrogens is 332 g/mol. The van der Waals surface area contributed by atoms with E-state index in [-0.39, 0.29) is 12.1 Å². The quantitative estimate of drug-likeness (QED) is 0.606. The van der Waals surface area contributed by atoms with Crippen molar-refractivity contribution in [2.45, 2.75) is 26.0 Å². The molecule has 0 aromatic carbocycles. The van der Waals surface area contributed by atoms with Gasteiger partial charge in [0.25, 0.3) is 5.56 Å². The molecule has 3 aromatic heterocycles. The third kappa shape index (κ3) is 3.89. The van der Waals surface area contributed by atoms with Crippen LogP contribution in [0, 0.1) is 0 Å². The smallest absolute Gasteiger partial charge is 0.250 e. The van der Waals surface area contributed by atoms with E-state index in [0.29, 0.717) is 5.65 Å². The molecule has 0 saturated heterocycles. The molecule has 0 spiro atoms. The number of nitrogens with two attached hydrogens (primary N) is 1. The molecule has 4 N–H and O–H groups in total. The third-order valence-corrected chi connectivity index (χ3v) is 3.86. The number of nitrogens with one attached hydrogen (secondary N) is 1. The highest BCUT2D eigenvalue weighted by atomic mass is 16.3. The topological polar surface area (TPSA) is 114 Å². The average Bonchev–Trinajstić information content (AvgIpc) is 2.96. The normalized spacial score (nSPS) is 12.1. The molecule has 0 fully saturated rings. The van der Waals surface area contributed by atoms with Gasteiger partial charge >= 0.3 is 0 Å². The zero-order chi connectivity index (χ0) is 18.9. The maximum absolute atomic E-state index is 12.0. The van der Waals surface area contributed by atoms with Crippen molar-refractivity contribution in [3.05, 3.63) is 58.8 Å². The summed E-state index contributed by atoms with van der Waals surface area (Å²) >= 11 is 0. The molecule has 26 heavy (non-hydrogen) atoms. The second-order valence-corrected chi connectivity index (χ2v) is 6.80. The van der Waals surface area contributed by atoms with E-state index in [0.717, 1.165) is 22.1 Å². The Balaban J connectivity index is 2.05. The number of carbonyl (C=O) groups excluding carboxylic acids is 1. The number of hydrogen-bond acceptors (Lipinski definition) is 4. The molecule has 0 unspecified atom stereocenters. The summed E-state index contributed by atoms with van der Waals surface area (Å²) in [6.07, 6.45) is 8.07. The number of nitrogens with zero attached hydrogens (tertiary/aromatic N) is 2. The molecule has 3 heterocycles. The van der Waals surface area contributed by atoms with Gasteiger partial charge in [0.05, 0.1) is 12.1 Å². The molecule has 3 aromatic rings. The summed E-state index contributed by atoms with van der Waals surface area (Å²) in [6, 6.07) is 5.11. The van der Waals surface area contributed by atoms with E-state index in [9.17, 15) is 14.7 Å². The van der Waals surface area contributed by atoms with Crippen molar-refractivity contribution >= 4 is 23.0 Å². The van der Waals surface area contributed by atoms with Crippen LogP contribution in [-0.2, 0) is 11.3 Å². The highest BCUT2D eigenvalue weighted by Gasteiger charge is 2.15. The number of hydrogen-bond donors (Lipinski definition) is 3. The summed E-state index contributed by atoms with van der Waals surface area (Å²) in [4.78, 5) is 30.4. The Kier molecular flexibility index (Phi) is 4.48. The molecule has 0 aliphatic heterocycles. The predicted octanol–water partition coefficient (Wildman–Crippen LogP) is 1.66. The molecule has 1 amide bonds. The molecule has 134 valence electrons. The third-order valence-electron chi connectivity index (χ3n) is 3.86. The average molecular weight is 352 g/mol. The summed E-state index contributed by atoms with van der Waals surface area (Å²) in [5, 5.41) is 10.8. The lowest BCUT2D eigenvalue weighted by Gasteiger charge is -2.19. The highest BCUT2D eigenvalue weighted by molar-refractivity contribution is 5.95. The van der Waals surface area contributed by atoms with Gasteiger partial charge in [0.2, 0.25) is 5.91 Å². The van der Waals surface area contributed by atoms with Gasteiger partial charge in [-0.2, -0.15) is 0 Å². The summed E-state index contributed by atoms with van der Waals surface area (Å²) in [6.45, 7) is 3.49. The maximum Gasteiger partial charge on any atom is 0.250 e. The van der Waals surface area contributed by atoms with Gasteiger partial charge in [0.1, 0.15) is 5.65 Å². The van der Waals surface area contributed by atoms with Gasteiger partial charge in [-0.1, -0.05) is 0 Å². The number of amides is 1. The number of aliphatic hydroxyl groups is 1. The largest absolute Gasteiger partial charge is 0.389 e. The minimum atomic E-state index is -1.00. The standard InChI is InChI=1S/C19H20N4O3/c1-19(2,26)11-23-10-13(4-6-17(23)25)14-7-15-12(3-5-16(20)24)8-21-18(15)22-9-14/h3-10,26H,11H2,1-2H3,(H2,20,24)(H,21,22)/b5-3+. The highest BCUT2D eigenvalue weighted by Crippen LogP contribution is 2.25. The van der Waals surface area contributed by atoms with Gasteiger partial charge in [-0.05, 0) is 37.6 Å². The minimum Gasteiger partial charge on any atom is -0.389 e. The molecule has 0 aliphatic rings. The Morgan fingerprint density at radius 2 is 2.15 bits per heavy atom. The number of primary amides is 1. The molecule has 0 radical (unpaired) electrons. The number of H-pyrrole nitrogens is 1. The van der Waals surface area contributed by atoms with Gasteiger partial charge in [-0.25, -0.2) is 4.98 Å². The molecule has 7 heteroatoms. The van der Waals surface area contributed by atoms with E-state index < -0.39 is 11.5 Å². The summed E-state index contributed by atoms with van der Waals surface area (Å²) in [5.41, 5.74) is 7.05. The van der Waals surface area contributed by atoms with E-state index in [1.807, 2.05) is 6.07 Å². The number of aromatic nitrogens is 3. The fourth-order valence-corrected chi connectivity index (χ4v) is 2.73. The SMILES string of the molecule is CC(C)(O)Cn1cc(-c2cnc3[nH]cc(/C=C/C(N)=O)c3c2)ccc1=O. The predicted molar refractivity (Wildman–Crippen MR) is 100 cm³/mol. The van der Waals surface area contributed by atoms with Crippen molar-refractivity contribution in [2.75, 3.05) is 0 Å². The molecule has 0 bridgehead atoms. The van der Waals surface area contributed by atoms with Crippen molar-refractivity contribution in [2.24, 2.45) is 5.73 Å². The van der Waals surface area contributed by atoms with Gasteiger partial charge in [0, 0.05) is 47.2 Å². The van der Waals surface area contributed by atoms with E-state index in [2.05, 4.69) is 9.97 Å². The lowest BCUT2D eigenvalue weighted by Crippen LogP contribution is -2.32. The molecule has 3 rings (SSSR count). The fraction of sp³-hybridized carbons (Fsp3) is 0.211. The van der Waals surface area contributed by atoms with Crippen LogP contribution >= 0.6 is 0 Å². The zero-order valence-corrected chi connectivity index (χ0v) is 14.6. The first-order valence-electron chi connectivity index (χ1n) is 8.11. The Morgan fingerprint density at radius 1 is 1.38 bits per heavy atom. The van der Waals surface area contributed by atoms with E-state index >= 15 is 0 Å². The van der Waals surface area contributed by atoms with Crippen LogP contribution in [0.5, 0.6) is 0 Å². The van der Waals surface area contributed by atoms with E-state index in [1.54, 1.807) is 44.6 Å². The van der Waals surface area contributed by atoms with Gasteiger partial charge in [0.15, 0.2) is 0 Å². The number of pyridine rings is 2. The molecule has 7 nitrogen and oxygen atoms in total. The van der Waals surface area contributed by atoms with Crippen LogP contribution in [0.15, 0.2) is 47.7 Å². The Morgan fingerprint density at radius 3 is 2.85 bits per heavy atom. The van der Waals surface area contributed by atoms with Crippen LogP contribution in [0.25, 0.3) is 28.2 Å². The Bertz CT molecular complexity index is 1050. The van der Waals surface area contributed by atoms with Crippen molar-refractivity contribution in [3.8, 4) is 11.1 Å².